The molecule has 0 radical (unpaired) electrons. The van der Waals surface area contributed by atoms with Crippen LogP contribution in [-0.4, -0.2) is 43.4 Å². The third-order valence-corrected chi connectivity index (χ3v) is 4.42. The van der Waals surface area contributed by atoms with Crippen LogP contribution in [0.2, 0.25) is 10.0 Å². The monoisotopic (exact) mass is 411 g/mol. The van der Waals surface area contributed by atoms with Gasteiger partial charge in [0.05, 0.1) is 23.1 Å². The summed E-state index contributed by atoms with van der Waals surface area (Å²) >= 11 is 11.7. The summed E-state index contributed by atoms with van der Waals surface area (Å²) in [5.41, 5.74) is 1.47. The lowest BCUT2D eigenvalue weighted by molar-refractivity contribution is -0.122. The number of anilines is 1. The van der Waals surface area contributed by atoms with Crippen LogP contribution in [0.4, 0.5) is 10.1 Å². The molecule has 27 heavy (non-hydrogen) atoms. The Kier molecular flexibility index (Phi) is 8.03. The van der Waals surface area contributed by atoms with Crippen LogP contribution in [0.1, 0.15) is 5.56 Å². The molecule has 0 saturated heterocycles. The zero-order valence-electron chi connectivity index (χ0n) is 14.8. The molecule has 0 aromatic heterocycles. The minimum absolute atomic E-state index is 0.0472. The smallest absolute Gasteiger partial charge is 0.238 e. The van der Waals surface area contributed by atoms with E-state index in [1.54, 1.807) is 42.3 Å². The standard InChI is InChI=1S/C19H20Cl2FN3O2/c1-25(12-19(27)24-15-6-7-16(20)17(21)10-15)11-18(26)23-9-8-13-2-4-14(22)5-3-13/h2-7,10H,8-9,11-12H2,1H3,(H,23,26)(H,24,27). The molecule has 2 aromatic carbocycles. The van der Waals surface area contributed by atoms with Gasteiger partial charge in [0.15, 0.2) is 0 Å². The molecule has 144 valence electrons. The lowest BCUT2D eigenvalue weighted by atomic mass is 10.1. The van der Waals surface area contributed by atoms with Gasteiger partial charge >= 0.3 is 0 Å². The van der Waals surface area contributed by atoms with E-state index in [4.69, 9.17) is 23.2 Å². The van der Waals surface area contributed by atoms with Crippen LogP contribution in [0.15, 0.2) is 42.5 Å². The lowest BCUT2D eigenvalue weighted by Crippen LogP contribution is -2.39. The summed E-state index contributed by atoms with van der Waals surface area (Å²) in [6, 6.07) is 10.9. The number of nitrogens with zero attached hydrogens (tertiary/aromatic N) is 1. The van der Waals surface area contributed by atoms with Gasteiger partial charge in [-0.2, -0.15) is 0 Å². The van der Waals surface area contributed by atoms with Crippen LogP contribution in [-0.2, 0) is 16.0 Å². The highest BCUT2D eigenvalue weighted by molar-refractivity contribution is 6.42. The number of likely N-dealkylation sites (N-methyl/N-ethyl adjacent to an activating group) is 1. The normalized spacial score (nSPS) is 10.7. The fourth-order valence-corrected chi connectivity index (χ4v) is 2.67. The number of carbonyl (C=O) groups is 2. The Labute approximate surface area is 167 Å². The van der Waals surface area contributed by atoms with E-state index in [2.05, 4.69) is 10.6 Å². The van der Waals surface area contributed by atoms with Gasteiger partial charge in [0.2, 0.25) is 11.8 Å². The van der Waals surface area contributed by atoms with Crippen LogP contribution in [0.5, 0.6) is 0 Å². The molecule has 2 N–H and O–H groups in total. The molecular weight excluding hydrogens is 392 g/mol. The molecule has 0 aliphatic rings. The van der Waals surface area contributed by atoms with E-state index >= 15 is 0 Å². The molecule has 5 nitrogen and oxygen atoms in total. The van der Waals surface area contributed by atoms with Crippen molar-refractivity contribution in [1.29, 1.82) is 0 Å². The van der Waals surface area contributed by atoms with Gasteiger partial charge < -0.3 is 10.6 Å². The van der Waals surface area contributed by atoms with Gasteiger partial charge in [0.25, 0.3) is 0 Å². The first-order chi connectivity index (χ1) is 12.8. The number of hydrogen-bond acceptors (Lipinski definition) is 3. The summed E-state index contributed by atoms with van der Waals surface area (Å²) in [4.78, 5) is 25.6. The summed E-state index contributed by atoms with van der Waals surface area (Å²) in [5.74, 6) is -0.750. The number of carbonyl (C=O) groups excluding carboxylic acids is 2. The van der Waals surface area contributed by atoms with Crippen LogP contribution in [0.25, 0.3) is 0 Å². The summed E-state index contributed by atoms with van der Waals surface area (Å²) in [6.07, 6.45) is 0.605. The third kappa shape index (κ3) is 7.54. The van der Waals surface area contributed by atoms with Gasteiger partial charge in [-0.05, 0) is 49.4 Å². The Morgan fingerprint density at radius 3 is 2.33 bits per heavy atom. The van der Waals surface area contributed by atoms with Gasteiger partial charge in [0.1, 0.15) is 5.82 Å². The van der Waals surface area contributed by atoms with Crippen molar-refractivity contribution in [2.24, 2.45) is 0 Å². The number of benzene rings is 2. The second-order valence-corrected chi connectivity index (χ2v) is 6.89. The molecule has 0 aliphatic carbocycles. The Morgan fingerprint density at radius 2 is 1.67 bits per heavy atom. The molecule has 2 aromatic rings. The van der Waals surface area contributed by atoms with Gasteiger partial charge in [-0.1, -0.05) is 35.3 Å². The van der Waals surface area contributed by atoms with Crippen LogP contribution >= 0.6 is 23.2 Å². The van der Waals surface area contributed by atoms with Crippen LogP contribution < -0.4 is 10.6 Å². The molecule has 2 rings (SSSR count). The van der Waals surface area contributed by atoms with E-state index in [9.17, 15) is 14.0 Å². The summed E-state index contributed by atoms with van der Waals surface area (Å²) < 4.78 is 12.8. The minimum Gasteiger partial charge on any atom is -0.355 e. The predicted octanol–water partition coefficient (Wildman–Crippen LogP) is 3.36. The quantitative estimate of drug-likeness (QED) is 0.699. The first kappa shape index (κ1) is 21.2. The van der Waals surface area contributed by atoms with Crippen molar-refractivity contribution in [2.75, 3.05) is 32.0 Å². The predicted molar refractivity (Wildman–Crippen MR) is 106 cm³/mol. The van der Waals surface area contributed by atoms with Gasteiger partial charge in [0, 0.05) is 12.2 Å². The second kappa shape index (κ2) is 10.3. The van der Waals surface area contributed by atoms with Crippen molar-refractivity contribution in [3.8, 4) is 0 Å². The van der Waals surface area contributed by atoms with Crippen LogP contribution in [0, 0.1) is 5.82 Å². The van der Waals surface area contributed by atoms with E-state index in [-0.39, 0.29) is 30.7 Å². The molecule has 0 fully saturated rings. The van der Waals surface area contributed by atoms with Crippen molar-refractivity contribution in [3.63, 3.8) is 0 Å². The topological polar surface area (TPSA) is 61.4 Å². The SMILES string of the molecule is CN(CC(=O)NCCc1ccc(F)cc1)CC(=O)Nc1ccc(Cl)c(Cl)c1. The molecule has 0 saturated carbocycles. The number of amides is 2. The molecular formula is C19H20Cl2FN3O2. The first-order valence-corrected chi connectivity index (χ1v) is 9.03. The maximum atomic E-state index is 12.8. The van der Waals surface area contributed by atoms with Gasteiger partial charge in [-0.15, -0.1) is 0 Å². The minimum atomic E-state index is -0.288. The Bertz CT molecular complexity index is 800. The molecule has 8 heteroatoms. The van der Waals surface area contributed by atoms with Crippen molar-refractivity contribution >= 4 is 40.7 Å². The lowest BCUT2D eigenvalue weighted by Gasteiger charge is -2.16. The highest BCUT2D eigenvalue weighted by Crippen LogP contribution is 2.24. The maximum Gasteiger partial charge on any atom is 0.238 e. The average molecular weight is 412 g/mol. The zero-order chi connectivity index (χ0) is 19.8. The highest BCUT2D eigenvalue weighted by Gasteiger charge is 2.11. The van der Waals surface area contributed by atoms with E-state index < -0.39 is 0 Å². The molecule has 0 unspecified atom stereocenters. The Balaban J connectivity index is 1.69. The summed E-state index contributed by atoms with van der Waals surface area (Å²) in [5, 5.41) is 6.23. The van der Waals surface area contributed by atoms with E-state index in [0.717, 1.165) is 5.56 Å². The highest BCUT2D eigenvalue weighted by atomic mass is 35.5. The molecule has 0 spiro atoms. The fourth-order valence-electron chi connectivity index (χ4n) is 2.37. The number of hydrogen-bond donors (Lipinski definition) is 2. The van der Waals surface area contributed by atoms with Crippen molar-refractivity contribution < 1.29 is 14.0 Å². The number of nitrogens with one attached hydrogen (secondary N) is 2. The summed E-state index contributed by atoms with van der Waals surface area (Å²) in [7, 11) is 1.67. The van der Waals surface area contributed by atoms with Crippen molar-refractivity contribution in [3.05, 3.63) is 63.9 Å². The largest absolute Gasteiger partial charge is 0.355 e. The maximum absolute atomic E-state index is 12.8. The van der Waals surface area contributed by atoms with E-state index in [0.29, 0.717) is 28.7 Å². The molecule has 0 aliphatic heterocycles. The molecule has 0 heterocycles. The zero-order valence-corrected chi connectivity index (χ0v) is 16.3. The van der Waals surface area contributed by atoms with Gasteiger partial charge in [-0.3, -0.25) is 14.5 Å². The Morgan fingerprint density at radius 1 is 1.00 bits per heavy atom. The van der Waals surface area contributed by atoms with Crippen molar-refractivity contribution in [1.82, 2.24) is 10.2 Å². The first-order valence-electron chi connectivity index (χ1n) is 8.28. The van der Waals surface area contributed by atoms with Crippen LogP contribution in [0.3, 0.4) is 0 Å². The average Bonchev–Trinajstić information content (AvgIpc) is 2.59. The number of halogens is 3. The third-order valence-electron chi connectivity index (χ3n) is 3.68. The molecule has 0 atom stereocenters. The van der Waals surface area contributed by atoms with E-state index in [1.807, 2.05) is 0 Å². The number of rotatable bonds is 8. The van der Waals surface area contributed by atoms with E-state index in [1.165, 1.54) is 12.1 Å². The summed E-state index contributed by atoms with van der Waals surface area (Å²) in [6.45, 7) is 0.567. The molecule has 2 amide bonds. The second-order valence-electron chi connectivity index (χ2n) is 6.08. The molecule has 0 bridgehead atoms. The fraction of sp³-hybridized carbons (Fsp3) is 0.263. The Hall–Kier alpha value is -2.15. The van der Waals surface area contributed by atoms with Crippen molar-refractivity contribution in [2.45, 2.75) is 6.42 Å². The van der Waals surface area contributed by atoms with Gasteiger partial charge in [-0.25, -0.2) is 4.39 Å².